The van der Waals surface area contributed by atoms with Crippen LogP contribution in [0.15, 0.2) is 53.4 Å². The fourth-order valence-electron chi connectivity index (χ4n) is 2.55. The Morgan fingerprint density at radius 2 is 1.79 bits per heavy atom. The summed E-state index contributed by atoms with van der Waals surface area (Å²) in [5.74, 6) is -0.0740. The van der Waals surface area contributed by atoms with Gasteiger partial charge in [-0.1, -0.05) is 48.3 Å². The second-order valence-electron chi connectivity index (χ2n) is 6.32. The zero-order valence-corrected chi connectivity index (χ0v) is 18.3. The Kier molecular flexibility index (Phi) is 9.16. The second-order valence-corrected chi connectivity index (χ2v) is 8.22. The van der Waals surface area contributed by atoms with Crippen LogP contribution in [0.25, 0.3) is 0 Å². The molecule has 0 bridgehead atoms. The first-order valence-electron chi connectivity index (χ1n) is 9.11. The highest BCUT2D eigenvalue weighted by Gasteiger charge is 2.26. The maximum absolute atomic E-state index is 13.0. The maximum atomic E-state index is 13.0. The Morgan fingerprint density at radius 1 is 1.11 bits per heavy atom. The summed E-state index contributed by atoms with van der Waals surface area (Å²) in [7, 11) is 0. The van der Waals surface area contributed by atoms with E-state index in [1.165, 1.54) is 11.8 Å². The molecule has 2 aromatic carbocycles. The van der Waals surface area contributed by atoms with E-state index in [1.54, 1.807) is 30.0 Å². The van der Waals surface area contributed by atoms with Gasteiger partial charge in [-0.2, -0.15) is 0 Å². The molecule has 4 nitrogen and oxygen atoms in total. The molecule has 0 unspecified atom stereocenters. The van der Waals surface area contributed by atoms with Crippen LogP contribution in [0.4, 0.5) is 0 Å². The number of hydrogen-bond acceptors (Lipinski definition) is 3. The summed E-state index contributed by atoms with van der Waals surface area (Å²) in [5.41, 5.74) is 0.809. The largest absolute Gasteiger partial charge is 0.354 e. The van der Waals surface area contributed by atoms with Crippen LogP contribution in [-0.4, -0.2) is 35.1 Å². The second kappa shape index (κ2) is 11.3. The van der Waals surface area contributed by atoms with Crippen molar-refractivity contribution in [3.63, 3.8) is 0 Å². The van der Waals surface area contributed by atoms with Crippen molar-refractivity contribution < 1.29 is 9.59 Å². The van der Waals surface area contributed by atoms with Gasteiger partial charge in [-0.3, -0.25) is 9.59 Å². The number of carbonyl (C=O) groups excluding carboxylic acids is 2. The number of halogens is 2. The fourth-order valence-corrected chi connectivity index (χ4v) is 3.65. The molecule has 0 aromatic heterocycles. The topological polar surface area (TPSA) is 49.4 Å². The molecule has 0 fully saturated rings. The Labute approximate surface area is 180 Å². The fraction of sp³-hybridized carbons (Fsp3) is 0.333. The molecule has 2 rings (SSSR count). The molecule has 2 amide bonds. The molecule has 0 aliphatic heterocycles. The minimum absolute atomic E-state index is 0.126. The highest BCUT2D eigenvalue weighted by atomic mass is 35.5. The number of amides is 2. The lowest BCUT2D eigenvalue weighted by atomic mass is 10.1. The number of thioether (sulfide) groups is 1. The third kappa shape index (κ3) is 6.73. The lowest BCUT2D eigenvalue weighted by Gasteiger charge is -2.29. The molecule has 0 spiro atoms. The van der Waals surface area contributed by atoms with Crippen LogP contribution in [0.2, 0.25) is 10.0 Å². The number of benzene rings is 2. The lowest BCUT2D eigenvalue weighted by Crippen LogP contribution is -2.48. The van der Waals surface area contributed by atoms with Crippen molar-refractivity contribution in [2.75, 3.05) is 12.3 Å². The molecule has 0 radical (unpaired) electrons. The Bertz CT molecular complexity index is 799. The van der Waals surface area contributed by atoms with E-state index in [-0.39, 0.29) is 24.1 Å². The van der Waals surface area contributed by atoms with E-state index < -0.39 is 6.04 Å². The van der Waals surface area contributed by atoms with E-state index in [2.05, 4.69) is 5.32 Å². The average Bonchev–Trinajstić information content (AvgIpc) is 2.70. The Morgan fingerprint density at radius 3 is 2.43 bits per heavy atom. The molecule has 1 N–H and O–H groups in total. The van der Waals surface area contributed by atoms with E-state index in [0.29, 0.717) is 16.6 Å². The van der Waals surface area contributed by atoms with Crippen LogP contribution < -0.4 is 5.32 Å². The van der Waals surface area contributed by atoms with Crippen LogP contribution >= 0.6 is 35.0 Å². The first kappa shape index (κ1) is 22.6. The van der Waals surface area contributed by atoms with Crippen molar-refractivity contribution in [2.45, 2.75) is 37.8 Å². The molecule has 1 atom stereocenters. The third-order valence-corrected chi connectivity index (χ3v) is 5.81. The van der Waals surface area contributed by atoms with E-state index in [9.17, 15) is 9.59 Å². The summed E-state index contributed by atoms with van der Waals surface area (Å²) in [6.45, 7) is 4.59. The summed E-state index contributed by atoms with van der Waals surface area (Å²) in [4.78, 5) is 28.0. The van der Waals surface area contributed by atoms with Crippen LogP contribution in [-0.2, 0) is 16.1 Å². The normalized spacial score (nSPS) is 11.7. The quantitative estimate of drug-likeness (QED) is 0.558. The summed E-state index contributed by atoms with van der Waals surface area (Å²) < 4.78 is 0. The molecular weight excluding hydrogens is 415 g/mol. The smallest absolute Gasteiger partial charge is 0.242 e. The summed E-state index contributed by atoms with van der Waals surface area (Å²) >= 11 is 13.6. The lowest BCUT2D eigenvalue weighted by molar-refractivity contribution is -0.138. The number of nitrogens with one attached hydrogen (secondary N) is 1. The van der Waals surface area contributed by atoms with Gasteiger partial charge >= 0.3 is 0 Å². The molecule has 2 aromatic rings. The van der Waals surface area contributed by atoms with Crippen LogP contribution in [0.5, 0.6) is 0 Å². The molecule has 28 heavy (non-hydrogen) atoms. The minimum Gasteiger partial charge on any atom is -0.354 e. The minimum atomic E-state index is -0.596. The summed E-state index contributed by atoms with van der Waals surface area (Å²) in [6.07, 6.45) is 0.837. The molecule has 7 heteroatoms. The predicted molar refractivity (Wildman–Crippen MR) is 117 cm³/mol. The number of nitrogens with zero attached hydrogens (tertiary/aromatic N) is 1. The van der Waals surface area contributed by atoms with Crippen molar-refractivity contribution in [1.29, 1.82) is 0 Å². The maximum Gasteiger partial charge on any atom is 0.242 e. The predicted octanol–water partition coefficient (Wildman–Crippen LogP) is 5.03. The molecule has 0 aliphatic carbocycles. The van der Waals surface area contributed by atoms with Crippen molar-refractivity contribution in [3.8, 4) is 0 Å². The Balaban J connectivity index is 2.13. The van der Waals surface area contributed by atoms with Crippen LogP contribution in [0.3, 0.4) is 0 Å². The van der Waals surface area contributed by atoms with Gasteiger partial charge in [0.05, 0.1) is 5.75 Å². The zero-order chi connectivity index (χ0) is 20.5. The number of rotatable bonds is 9. The van der Waals surface area contributed by atoms with Crippen LogP contribution in [0.1, 0.15) is 25.8 Å². The van der Waals surface area contributed by atoms with Gasteiger partial charge in [0.1, 0.15) is 6.04 Å². The number of hydrogen-bond donors (Lipinski definition) is 1. The first-order valence-corrected chi connectivity index (χ1v) is 10.9. The van der Waals surface area contributed by atoms with E-state index in [4.69, 9.17) is 23.2 Å². The van der Waals surface area contributed by atoms with Gasteiger partial charge in [0.2, 0.25) is 11.8 Å². The van der Waals surface area contributed by atoms with Crippen LogP contribution in [0, 0.1) is 0 Å². The molecule has 150 valence electrons. The van der Waals surface area contributed by atoms with Gasteiger partial charge in [-0.05, 0) is 49.2 Å². The van der Waals surface area contributed by atoms with E-state index >= 15 is 0 Å². The average molecular weight is 439 g/mol. The monoisotopic (exact) mass is 438 g/mol. The van der Waals surface area contributed by atoms with Gasteiger partial charge in [0.15, 0.2) is 0 Å². The van der Waals surface area contributed by atoms with Gasteiger partial charge in [-0.25, -0.2) is 0 Å². The van der Waals surface area contributed by atoms with Gasteiger partial charge in [-0.15, -0.1) is 11.8 Å². The van der Waals surface area contributed by atoms with Crippen molar-refractivity contribution in [2.24, 2.45) is 0 Å². The molecule has 0 saturated heterocycles. The highest BCUT2D eigenvalue weighted by molar-refractivity contribution is 8.00. The van der Waals surface area contributed by atoms with Crippen molar-refractivity contribution >= 4 is 46.8 Å². The number of carbonyl (C=O) groups is 2. The van der Waals surface area contributed by atoms with Gasteiger partial charge in [0, 0.05) is 28.0 Å². The van der Waals surface area contributed by atoms with Crippen molar-refractivity contribution in [3.05, 3.63) is 64.1 Å². The first-order chi connectivity index (χ1) is 13.4. The SMILES string of the molecule is CCCNC(=O)[C@H](C)N(Cc1ccccc1Cl)C(=O)CSc1ccc(Cl)cc1. The summed E-state index contributed by atoms with van der Waals surface area (Å²) in [6, 6.07) is 14.1. The molecule has 0 aliphatic rings. The molecular formula is C21H24Cl2N2O2S. The summed E-state index contributed by atoms with van der Waals surface area (Å²) in [5, 5.41) is 4.09. The zero-order valence-electron chi connectivity index (χ0n) is 16.0. The Hall–Kier alpha value is -1.69. The van der Waals surface area contributed by atoms with E-state index in [0.717, 1.165) is 16.9 Å². The van der Waals surface area contributed by atoms with Gasteiger partial charge in [0.25, 0.3) is 0 Å². The van der Waals surface area contributed by atoms with Crippen molar-refractivity contribution in [1.82, 2.24) is 10.2 Å². The highest BCUT2D eigenvalue weighted by Crippen LogP contribution is 2.23. The molecule has 0 saturated carbocycles. The third-order valence-electron chi connectivity index (χ3n) is 4.19. The standard InChI is InChI=1S/C21H24Cl2N2O2S/c1-3-12-24-21(27)15(2)25(13-16-6-4-5-7-19(16)23)20(26)14-28-18-10-8-17(22)9-11-18/h4-11,15H,3,12-14H2,1-2H3,(H,24,27)/t15-/m0/s1. The molecule has 0 heterocycles. The van der Waals surface area contributed by atoms with E-state index in [1.807, 2.05) is 37.3 Å². The van der Waals surface area contributed by atoms with Gasteiger partial charge < -0.3 is 10.2 Å².